The lowest BCUT2D eigenvalue weighted by Gasteiger charge is -2.28. The van der Waals surface area contributed by atoms with E-state index in [0.717, 1.165) is 62.1 Å². The molecule has 2 heterocycles. The Labute approximate surface area is 148 Å². The van der Waals surface area contributed by atoms with Crippen molar-refractivity contribution in [3.05, 3.63) is 30.1 Å². The Bertz CT molecular complexity index is 701. The van der Waals surface area contributed by atoms with Gasteiger partial charge in [0.1, 0.15) is 5.82 Å². The molecule has 0 radical (unpaired) electrons. The summed E-state index contributed by atoms with van der Waals surface area (Å²) in [6.45, 7) is 2.24. The highest BCUT2D eigenvalue weighted by molar-refractivity contribution is 5.75. The highest BCUT2D eigenvalue weighted by Gasteiger charge is 2.27. The molecule has 134 valence electrons. The van der Waals surface area contributed by atoms with Gasteiger partial charge in [-0.15, -0.1) is 0 Å². The number of aromatic nitrogens is 2. The molecule has 0 bridgehead atoms. The molecule has 1 aliphatic carbocycles. The van der Waals surface area contributed by atoms with Gasteiger partial charge in [0.05, 0.1) is 11.0 Å². The number of carbonyl (C=O) groups is 1. The van der Waals surface area contributed by atoms with Crippen LogP contribution in [0.5, 0.6) is 0 Å². The van der Waals surface area contributed by atoms with E-state index in [1.54, 1.807) is 0 Å². The van der Waals surface area contributed by atoms with Gasteiger partial charge in [0.2, 0.25) is 0 Å². The molecule has 1 unspecified atom stereocenters. The summed E-state index contributed by atoms with van der Waals surface area (Å²) in [7, 11) is 0. The van der Waals surface area contributed by atoms with E-state index in [9.17, 15) is 4.79 Å². The first-order valence-corrected chi connectivity index (χ1v) is 9.42. The van der Waals surface area contributed by atoms with Gasteiger partial charge in [0, 0.05) is 31.6 Å². The van der Waals surface area contributed by atoms with Crippen molar-refractivity contribution < 1.29 is 4.79 Å². The van der Waals surface area contributed by atoms with Crippen LogP contribution >= 0.6 is 0 Å². The van der Waals surface area contributed by atoms with Crippen LogP contribution in [0.2, 0.25) is 0 Å². The SMILES string of the molecule is NC1CCN(C(=O)NCC2CCC(c3nc4ccccc4[nH]3)CC2)C1. The zero-order valence-electron chi connectivity index (χ0n) is 14.6. The molecule has 6 nitrogen and oxygen atoms in total. The van der Waals surface area contributed by atoms with Gasteiger partial charge in [-0.1, -0.05) is 12.1 Å². The lowest BCUT2D eigenvalue weighted by Crippen LogP contribution is -2.42. The number of fused-ring (bicyclic) bond motifs is 1. The smallest absolute Gasteiger partial charge is 0.317 e. The third-order valence-corrected chi connectivity index (χ3v) is 5.70. The topological polar surface area (TPSA) is 87.0 Å². The fraction of sp³-hybridized carbons (Fsp3) is 0.579. The van der Waals surface area contributed by atoms with Crippen LogP contribution in [0.25, 0.3) is 11.0 Å². The molecule has 1 aromatic heterocycles. The van der Waals surface area contributed by atoms with Crippen molar-refractivity contribution in [1.82, 2.24) is 20.2 Å². The number of nitrogens with two attached hydrogens (primary N) is 1. The molecular formula is C19H27N5O. The molecule has 1 saturated carbocycles. The predicted octanol–water partition coefficient (Wildman–Crippen LogP) is 2.58. The van der Waals surface area contributed by atoms with Crippen LogP contribution in [0.15, 0.2) is 24.3 Å². The van der Waals surface area contributed by atoms with Crippen molar-refractivity contribution in [3.8, 4) is 0 Å². The second-order valence-corrected chi connectivity index (χ2v) is 7.54. The first kappa shape index (κ1) is 16.4. The van der Waals surface area contributed by atoms with E-state index in [1.807, 2.05) is 17.0 Å². The Morgan fingerprint density at radius 3 is 2.76 bits per heavy atom. The summed E-state index contributed by atoms with van der Waals surface area (Å²) in [6, 6.07) is 8.40. The van der Waals surface area contributed by atoms with Gasteiger partial charge >= 0.3 is 6.03 Å². The number of aromatic amines is 1. The lowest BCUT2D eigenvalue weighted by atomic mass is 9.81. The maximum absolute atomic E-state index is 12.2. The average Bonchev–Trinajstić information content (AvgIpc) is 3.26. The Hall–Kier alpha value is -2.08. The molecule has 6 heteroatoms. The fourth-order valence-electron chi connectivity index (χ4n) is 4.12. The minimum Gasteiger partial charge on any atom is -0.342 e. The van der Waals surface area contributed by atoms with Crippen molar-refractivity contribution in [1.29, 1.82) is 0 Å². The number of likely N-dealkylation sites (tertiary alicyclic amines) is 1. The molecule has 2 amide bonds. The standard InChI is InChI=1S/C19H27N5O/c20-15-9-10-24(12-15)19(25)21-11-13-5-7-14(8-6-13)18-22-16-3-1-2-4-17(16)23-18/h1-4,13-15H,5-12,20H2,(H,21,25)(H,22,23). The number of hydrogen-bond donors (Lipinski definition) is 3. The Kier molecular flexibility index (Phi) is 4.61. The highest BCUT2D eigenvalue weighted by Crippen LogP contribution is 2.35. The molecule has 1 aromatic carbocycles. The van der Waals surface area contributed by atoms with Crippen LogP contribution in [-0.2, 0) is 0 Å². The minimum atomic E-state index is 0.0485. The van der Waals surface area contributed by atoms with E-state index in [4.69, 9.17) is 10.7 Å². The van der Waals surface area contributed by atoms with E-state index in [-0.39, 0.29) is 12.1 Å². The van der Waals surface area contributed by atoms with Crippen LogP contribution in [0.1, 0.15) is 43.8 Å². The number of nitrogens with zero attached hydrogens (tertiary/aromatic N) is 2. The lowest BCUT2D eigenvalue weighted by molar-refractivity contribution is 0.203. The zero-order valence-corrected chi connectivity index (χ0v) is 14.6. The maximum Gasteiger partial charge on any atom is 0.317 e. The molecule has 1 saturated heterocycles. The van der Waals surface area contributed by atoms with Gasteiger partial charge in [-0.3, -0.25) is 0 Å². The van der Waals surface area contributed by atoms with Gasteiger partial charge in [-0.05, 0) is 50.2 Å². The van der Waals surface area contributed by atoms with E-state index in [1.165, 1.54) is 0 Å². The molecule has 4 rings (SSSR count). The monoisotopic (exact) mass is 341 g/mol. The number of nitrogens with one attached hydrogen (secondary N) is 2. The number of para-hydroxylation sites is 2. The molecule has 25 heavy (non-hydrogen) atoms. The molecule has 2 fully saturated rings. The first-order chi connectivity index (χ1) is 12.2. The highest BCUT2D eigenvalue weighted by atomic mass is 16.2. The number of carbonyl (C=O) groups excluding carboxylic acids is 1. The summed E-state index contributed by atoms with van der Waals surface area (Å²) in [4.78, 5) is 22.2. The molecule has 1 aliphatic heterocycles. The Morgan fingerprint density at radius 2 is 2.04 bits per heavy atom. The number of benzene rings is 1. The molecule has 0 spiro atoms. The van der Waals surface area contributed by atoms with Crippen LogP contribution in [0.3, 0.4) is 0 Å². The van der Waals surface area contributed by atoms with Crippen molar-refractivity contribution in [3.63, 3.8) is 0 Å². The second-order valence-electron chi connectivity index (χ2n) is 7.54. The van der Waals surface area contributed by atoms with E-state index < -0.39 is 0 Å². The summed E-state index contributed by atoms with van der Waals surface area (Å²) < 4.78 is 0. The Morgan fingerprint density at radius 1 is 1.24 bits per heavy atom. The van der Waals surface area contributed by atoms with Gasteiger partial charge < -0.3 is 20.9 Å². The number of H-pyrrole nitrogens is 1. The molecular weight excluding hydrogens is 314 g/mol. The molecule has 4 N–H and O–H groups in total. The van der Waals surface area contributed by atoms with E-state index in [2.05, 4.69) is 22.4 Å². The van der Waals surface area contributed by atoms with Gasteiger partial charge in [0.25, 0.3) is 0 Å². The van der Waals surface area contributed by atoms with Crippen LogP contribution in [0.4, 0.5) is 4.79 Å². The summed E-state index contributed by atoms with van der Waals surface area (Å²) >= 11 is 0. The minimum absolute atomic E-state index is 0.0485. The third kappa shape index (κ3) is 3.63. The van der Waals surface area contributed by atoms with Crippen molar-refractivity contribution in [2.75, 3.05) is 19.6 Å². The maximum atomic E-state index is 12.2. The zero-order chi connectivity index (χ0) is 17.2. The van der Waals surface area contributed by atoms with Gasteiger partial charge in [-0.25, -0.2) is 9.78 Å². The Balaban J connectivity index is 1.26. The number of hydrogen-bond acceptors (Lipinski definition) is 3. The summed E-state index contributed by atoms with van der Waals surface area (Å²) in [5.74, 6) is 2.20. The normalized spacial score (nSPS) is 26.9. The van der Waals surface area contributed by atoms with Gasteiger partial charge in [-0.2, -0.15) is 0 Å². The van der Waals surface area contributed by atoms with Crippen LogP contribution < -0.4 is 11.1 Å². The fourth-order valence-corrected chi connectivity index (χ4v) is 4.12. The molecule has 2 aliphatic rings. The predicted molar refractivity (Wildman–Crippen MR) is 98.4 cm³/mol. The van der Waals surface area contributed by atoms with E-state index >= 15 is 0 Å². The van der Waals surface area contributed by atoms with E-state index in [0.29, 0.717) is 18.4 Å². The van der Waals surface area contributed by atoms with Crippen molar-refractivity contribution >= 4 is 17.1 Å². The van der Waals surface area contributed by atoms with Crippen molar-refractivity contribution in [2.24, 2.45) is 11.7 Å². The third-order valence-electron chi connectivity index (χ3n) is 5.70. The summed E-state index contributed by atoms with van der Waals surface area (Å²) in [6.07, 6.45) is 5.46. The quantitative estimate of drug-likeness (QED) is 0.802. The van der Waals surface area contributed by atoms with Gasteiger partial charge in [0.15, 0.2) is 0 Å². The number of imidazole rings is 1. The average molecular weight is 341 g/mol. The van der Waals surface area contributed by atoms with Crippen LogP contribution in [0, 0.1) is 5.92 Å². The largest absolute Gasteiger partial charge is 0.342 e. The first-order valence-electron chi connectivity index (χ1n) is 9.42. The summed E-state index contributed by atoms with van der Waals surface area (Å²) in [5.41, 5.74) is 8.04. The summed E-state index contributed by atoms with van der Waals surface area (Å²) in [5, 5.41) is 3.10. The number of amides is 2. The number of urea groups is 1. The second kappa shape index (κ2) is 7.04. The van der Waals surface area contributed by atoms with Crippen molar-refractivity contribution in [2.45, 2.75) is 44.1 Å². The number of rotatable bonds is 3. The molecule has 1 atom stereocenters. The molecule has 2 aromatic rings. The van der Waals surface area contributed by atoms with Crippen LogP contribution in [-0.4, -0.2) is 46.6 Å².